The van der Waals surface area contributed by atoms with Crippen molar-refractivity contribution >= 4 is 23.5 Å². The molecule has 1 aromatic rings. The molecule has 6 heteroatoms. The van der Waals surface area contributed by atoms with E-state index in [1.54, 1.807) is 0 Å². The molecule has 0 N–H and O–H groups in total. The third-order valence-corrected chi connectivity index (χ3v) is 8.02. The molecular weight excluding hydrogens is 400 g/mol. The fraction of sp³-hybridized carbons (Fsp3) is 0.565. The van der Waals surface area contributed by atoms with Crippen LogP contribution in [0.15, 0.2) is 25.7 Å². The molecule has 0 aliphatic carbocycles. The lowest BCUT2D eigenvalue weighted by Gasteiger charge is -2.20. The third-order valence-electron chi connectivity index (χ3n) is 5.41. The van der Waals surface area contributed by atoms with Gasteiger partial charge in [0.2, 0.25) is 0 Å². The molecule has 0 saturated heterocycles. The number of rotatable bonds is 10. The van der Waals surface area contributed by atoms with Crippen molar-refractivity contribution in [2.45, 2.75) is 70.1 Å². The number of thioether (sulfide) groups is 2. The number of fused-ring (bicyclic) bond motifs is 1. The van der Waals surface area contributed by atoms with E-state index in [0.29, 0.717) is 29.3 Å². The van der Waals surface area contributed by atoms with Crippen molar-refractivity contribution in [2.24, 2.45) is 11.8 Å². The average Bonchev–Trinajstić information content (AvgIpc) is 3.17. The number of allylic oxidation sites excluding steroid dienone is 1. The van der Waals surface area contributed by atoms with Crippen LogP contribution in [0.3, 0.4) is 0 Å². The molecule has 29 heavy (non-hydrogen) atoms. The molecule has 0 atom stereocenters. The highest BCUT2D eigenvalue weighted by molar-refractivity contribution is 8.24. The van der Waals surface area contributed by atoms with Gasteiger partial charge < -0.3 is 9.47 Å². The zero-order valence-corrected chi connectivity index (χ0v) is 19.6. The molecule has 0 saturated carbocycles. The van der Waals surface area contributed by atoms with Crippen LogP contribution >= 0.6 is 23.5 Å². The molecule has 0 amide bonds. The summed E-state index contributed by atoms with van der Waals surface area (Å²) in [7, 11) is 0. The largest absolute Gasteiger partial charge is 0.492 e. The Morgan fingerprint density at radius 3 is 1.93 bits per heavy atom. The number of hydrogen-bond acceptors (Lipinski definition) is 6. The molecule has 0 bridgehead atoms. The van der Waals surface area contributed by atoms with Gasteiger partial charge in [0.05, 0.1) is 27.2 Å². The van der Waals surface area contributed by atoms with Gasteiger partial charge in [-0.15, -0.1) is 0 Å². The Bertz CT molecular complexity index is 813. The summed E-state index contributed by atoms with van der Waals surface area (Å²) >= 11 is 2.90. The lowest BCUT2D eigenvalue weighted by molar-refractivity contribution is 0.225. The Morgan fingerprint density at radius 1 is 0.897 bits per heavy atom. The number of aryl methyl sites for hydroxylation is 1. The van der Waals surface area contributed by atoms with Gasteiger partial charge in [0, 0.05) is 0 Å². The summed E-state index contributed by atoms with van der Waals surface area (Å²) in [5, 5.41) is 18.6. The Hall–Kier alpha value is -1.76. The SMILES string of the molecule is CCC(CC)COc1cc(C)c(OCC(CC)CC)c2c1SC(=C(C#N)C#N)S2. The molecular formula is C23H30N2O2S2. The van der Waals surface area contributed by atoms with Crippen LogP contribution in [-0.2, 0) is 0 Å². The minimum absolute atomic E-state index is 0.144. The van der Waals surface area contributed by atoms with Crippen molar-refractivity contribution in [1.82, 2.24) is 0 Å². The van der Waals surface area contributed by atoms with Gasteiger partial charge in [-0.3, -0.25) is 0 Å². The van der Waals surface area contributed by atoms with Gasteiger partial charge in [0.1, 0.15) is 29.2 Å². The first-order valence-electron chi connectivity index (χ1n) is 10.4. The summed E-state index contributed by atoms with van der Waals surface area (Å²) < 4.78 is 13.2. The second-order valence-electron chi connectivity index (χ2n) is 7.26. The van der Waals surface area contributed by atoms with Crippen molar-refractivity contribution in [2.75, 3.05) is 13.2 Å². The standard InChI is InChI=1S/C23H30N2O2S2/c1-6-16(7-2)13-26-19-10-15(5)20(27-14-17(8-3)9-4)22-21(19)28-23(29-22)18(11-24)12-25/h10,16-17H,6-9,13-14H2,1-5H3. The molecule has 156 valence electrons. The van der Waals surface area contributed by atoms with Crippen LogP contribution in [0.25, 0.3) is 0 Å². The normalized spacial score (nSPS) is 12.7. The highest BCUT2D eigenvalue weighted by Gasteiger charge is 2.30. The van der Waals surface area contributed by atoms with Crippen LogP contribution in [0.5, 0.6) is 11.5 Å². The lowest BCUT2D eigenvalue weighted by atomic mass is 10.1. The number of nitriles is 2. The van der Waals surface area contributed by atoms with Crippen LogP contribution < -0.4 is 9.47 Å². The molecule has 2 rings (SSSR count). The number of nitrogens with zero attached hydrogens (tertiary/aromatic N) is 2. The summed E-state index contributed by atoms with van der Waals surface area (Å²) in [5.74, 6) is 2.70. The van der Waals surface area contributed by atoms with Crippen molar-refractivity contribution in [3.05, 3.63) is 21.4 Å². The second kappa shape index (κ2) is 11.4. The smallest absolute Gasteiger partial charge is 0.150 e. The van der Waals surface area contributed by atoms with Gasteiger partial charge in [0.15, 0.2) is 0 Å². The highest BCUT2D eigenvalue weighted by atomic mass is 32.2. The Kier molecular flexibility index (Phi) is 9.27. The van der Waals surface area contributed by atoms with Gasteiger partial charge in [-0.2, -0.15) is 10.5 Å². The van der Waals surface area contributed by atoms with E-state index in [1.807, 2.05) is 25.1 Å². The first kappa shape index (κ1) is 23.5. The van der Waals surface area contributed by atoms with Crippen LogP contribution in [0.2, 0.25) is 0 Å². The van der Waals surface area contributed by atoms with E-state index in [0.717, 1.165) is 52.5 Å². The van der Waals surface area contributed by atoms with E-state index in [2.05, 4.69) is 27.7 Å². The maximum atomic E-state index is 9.32. The van der Waals surface area contributed by atoms with Crippen LogP contribution in [0, 0.1) is 41.4 Å². The van der Waals surface area contributed by atoms with Gasteiger partial charge in [-0.25, -0.2) is 0 Å². The molecule has 1 aromatic carbocycles. The first-order chi connectivity index (χ1) is 14.0. The molecule has 4 nitrogen and oxygen atoms in total. The third kappa shape index (κ3) is 5.65. The van der Waals surface area contributed by atoms with E-state index < -0.39 is 0 Å². The summed E-state index contributed by atoms with van der Waals surface area (Å²) in [5.41, 5.74) is 1.17. The summed E-state index contributed by atoms with van der Waals surface area (Å²) in [6, 6.07) is 6.07. The van der Waals surface area contributed by atoms with Gasteiger partial charge in [-0.1, -0.05) is 76.9 Å². The van der Waals surface area contributed by atoms with Gasteiger partial charge in [0.25, 0.3) is 0 Å². The molecule has 0 aromatic heterocycles. The molecule has 1 aliphatic heterocycles. The van der Waals surface area contributed by atoms with Crippen LogP contribution in [-0.4, -0.2) is 13.2 Å². The topological polar surface area (TPSA) is 66.0 Å². The number of ether oxygens (including phenoxy) is 2. The van der Waals surface area contributed by atoms with E-state index in [1.165, 1.54) is 23.5 Å². The van der Waals surface area contributed by atoms with E-state index in [4.69, 9.17) is 9.47 Å². The minimum atomic E-state index is 0.144. The van der Waals surface area contributed by atoms with E-state index in [9.17, 15) is 10.5 Å². The molecule has 0 unspecified atom stereocenters. The fourth-order valence-corrected chi connectivity index (χ4v) is 5.66. The molecule has 0 fully saturated rings. The molecule has 1 aliphatic rings. The van der Waals surface area contributed by atoms with E-state index >= 15 is 0 Å². The second-order valence-corrected chi connectivity index (χ2v) is 9.56. The Balaban J connectivity index is 2.42. The summed E-state index contributed by atoms with van der Waals surface area (Å²) in [6.45, 7) is 12.1. The van der Waals surface area contributed by atoms with Crippen molar-refractivity contribution in [1.29, 1.82) is 10.5 Å². The van der Waals surface area contributed by atoms with Crippen LogP contribution in [0.4, 0.5) is 0 Å². The van der Waals surface area contributed by atoms with Crippen LogP contribution in [0.1, 0.15) is 58.9 Å². The Morgan fingerprint density at radius 2 is 1.41 bits per heavy atom. The summed E-state index contributed by atoms with van der Waals surface area (Å²) in [6.07, 6.45) is 4.31. The number of benzene rings is 1. The first-order valence-corrected chi connectivity index (χ1v) is 12.0. The van der Waals surface area contributed by atoms with Gasteiger partial charge in [-0.05, 0) is 30.4 Å². The predicted molar refractivity (Wildman–Crippen MR) is 120 cm³/mol. The molecule has 1 heterocycles. The zero-order valence-electron chi connectivity index (χ0n) is 18.0. The van der Waals surface area contributed by atoms with Crippen molar-refractivity contribution in [3.63, 3.8) is 0 Å². The van der Waals surface area contributed by atoms with E-state index in [-0.39, 0.29) is 5.57 Å². The fourth-order valence-electron chi connectivity index (χ4n) is 3.08. The lowest BCUT2D eigenvalue weighted by Crippen LogP contribution is -2.12. The molecule has 0 radical (unpaired) electrons. The summed E-state index contributed by atoms with van der Waals surface area (Å²) in [4.78, 5) is 1.93. The highest BCUT2D eigenvalue weighted by Crippen LogP contribution is 2.59. The maximum Gasteiger partial charge on any atom is 0.150 e. The zero-order chi connectivity index (χ0) is 21.4. The minimum Gasteiger partial charge on any atom is -0.492 e. The van der Waals surface area contributed by atoms with Crippen molar-refractivity contribution in [3.8, 4) is 23.6 Å². The number of hydrogen-bond donors (Lipinski definition) is 0. The average molecular weight is 431 g/mol. The predicted octanol–water partition coefficient (Wildman–Crippen LogP) is 7.08. The Labute approximate surface area is 183 Å². The van der Waals surface area contributed by atoms with Crippen molar-refractivity contribution < 1.29 is 9.47 Å². The quantitative estimate of drug-likeness (QED) is 0.369. The maximum absolute atomic E-state index is 9.32. The monoisotopic (exact) mass is 430 g/mol. The molecule has 0 spiro atoms. The van der Waals surface area contributed by atoms with Gasteiger partial charge >= 0.3 is 0 Å².